The van der Waals surface area contributed by atoms with Crippen LogP contribution in [0.1, 0.15) is 46.0 Å². The van der Waals surface area contributed by atoms with E-state index < -0.39 is 5.60 Å². The van der Waals surface area contributed by atoms with E-state index in [-0.39, 0.29) is 12.0 Å². The summed E-state index contributed by atoms with van der Waals surface area (Å²) in [6.07, 6.45) is 5.98. The smallest absolute Gasteiger partial charge is 0.0715 e. The molecule has 3 heteroatoms. The first-order valence-corrected chi connectivity index (χ1v) is 6.01. The molecule has 1 saturated carbocycles. The van der Waals surface area contributed by atoms with Gasteiger partial charge >= 0.3 is 0 Å². The van der Waals surface area contributed by atoms with Crippen molar-refractivity contribution in [3.63, 3.8) is 0 Å². The van der Waals surface area contributed by atoms with Crippen LogP contribution in [0.2, 0.25) is 0 Å². The van der Waals surface area contributed by atoms with Gasteiger partial charge in [-0.05, 0) is 26.7 Å². The maximum absolute atomic E-state index is 9.58. The zero-order valence-electron chi connectivity index (χ0n) is 10.1. The second kappa shape index (κ2) is 5.28. The van der Waals surface area contributed by atoms with Crippen LogP contribution in [-0.4, -0.2) is 35.5 Å². The maximum Gasteiger partial charge on any atom is 0.0715 e. The number of nitrogens with one attached hydrogen (secondary N) is 1. The summed E-state index contributed by atoms with van der Waals surface area (Å²) in [6.45, 7) is 5.28. The molecular weight excluding hydrogens is 190 g/mol. The topological polar surface area (TPSA) is 52.5 Å². The minimum atomic E-state index is -0.661. The van der Waals surface area contributed by atoms with Gasteiger partial charge in [0.15, 0.2) is 0 Å². The average molecular weight is 215 g/mol. The Hall–Kier alpha value is -0.120. The molecule has 0 unspecified atom stereocenters. The summed E-state index contributed by atoms with van der Waals surface area (Å²) in [6, 6.07) is 0. The first kappa shape index (κ1) is 12.9. The van der Waals surface area contributed by atoms with Crippen molar-refractivity contribution in [3.05, 3.63) is 0 Å². The molecule has 1 aliphatic carbocycles. The SMILES string of the molecule is CC(C)(O)CNCC1(CO)CCCCC1. The monoisotopic (exact) mass is 215 g/mol. The predicted molar refractivity (Wildman–Crippen MR) is 61.8 cm³/mol. The highest BCUT2D eigenvalue weighted by molar-refractivity contribution is 4.85. The molecule has 0 amide bonds. The number of aliphatic hydroxyl groups is 2. The first-order valence-electron chi connectivity index (χ1n) is 6.01. The molecule has 0 aromatic carbocycles. The van der Waals surface area contributed by atoms with Crippen LogP contribution in [0.15, 0.2) is 0 Å². The van der Waals surface area contributed by atoms with Crippen LogP contribution in [0.5, 0.6) is 0 Å². The zero-order chi connectivity index (χ0) is 11.4. The third-order valence-corrected chi connectivity index (χ3v) is 3.31. The van der Waals surface area contributed by atoms with Crippen molar-refractivity contribution >= 4 is 0 Å². The lowest BCUT2D eigenvalue weighted by Crippen LogP contribution is -2.43. The molecule has 15 heavy (non-hydrogen) atoms. The van der Waals surface area contributed by atoms with Crippen molar-refractivity contribution in [2.45, 2.75) is 51.6 Å². The Morgan fingerprint density at radius 3 is 2.27 bits per heavy atom. The van der Waals surface area contributed by atoms with Gasteiger partial charge in [0.2, 0.25) is 0 Å². The van der Waals surface area contributed by atoms with E-state index in [1.165, 1.54) is 19.3 Å². The lowest BCUT2D eigenvalue weighted by atomic mass is 9.74. The molecule has 0 spiro atoms. The average Bonchev–Trinajstić information content (AvgIpc) is 2.17. The van der Waals surface area contributed by atoms with Crippen molar-refractivity contribution < 1.29 is 10.2 Å². The molecule has 3 nitrogen and oxygen atoms in total. The van der Waals surface area contributed by atoms with Crippen molar-refractivity contribution in [1.29, 1.82) is 0 Å². The number of hydrogen-bond donors (Lipinski definition) is 3. The van der Waals surface area contributed by atoms with Gasteiger partial charge in [0.05, 0.1) is 5.60 Å². The van der Waals surface area contributed by atoms with E-state index in [2.05, 4.69) is 5.32 Å². The highest BCUT2D eigenvalue weighted by Crippen LogP contribution is 2.35. The molecule has 0 saturated heterocycles. The lowest BCUT2D eigenvalue weighted by Gasteiger charge is -2.36. The summed E-state index contributed by atoms with van der Waals surface area (Å²) in [5.41, 5.74) is -0.588. The zero-order valence-corrected chi connectivity index (χ0v) is 10.1. The number of hydrogen-bond acceptors (Lipinski definition) is 3. The van der Waals surface area contributed by atoms with Crippen molar-refractivity contribution in [1.82, 2.24) is 5.32 Å². The van der Waals surface area contributed by atoms with Crippen LogP contribution in [-0.2, 0) is 0 Å². The first-order chi connectivity index (χ1) is 6.97. The fourth-order valence-electron chi connectivity index (χ4n) is 2.33. The molecule has 1 rings (SSSR count). The molecular formula is C12H25NO2. The minimum absolute atomic E-state index is 0.0729. The van der Waals surface area contributed by atoms with Gasteiger partial charge in [0.1, 0.15) is 0 Å². The molecule has 0 radical (unpaired) electrons. The Morgan fingerprint density at radius 1 is 1.20 bits per heavy atom. The Bertz CT molecular complexity index is 181. The molecule has 0 aromatic heterocycles. The molecule has 0 aromatic rings. The van der Waals surface area contributed by atoms with Gasteiger partial charge in [-0.25, -0.2) is 0 Å². The van der Waals surface area contributed by atoms with Gasteiger partial charge in [-0.3, -0.25) is 0 Å². The fraction of sp³-hybridized carbons (Fsp3) is 1.00. The second-order valence-corrected chi connectivity index (χ2v) is 5.63. The summed E-state index contributed by atoms with van der Waals surface area (Å²) in [5, 5.41) is 22.3. The van der Waals surface area contributed by atoms with Gasteiger partial charge in [-0.1, -0.05) is 19.3 Å². The highest BCUT2D eigenvalue weighted by atomic mass is 16.3. The van der Waals surface area contributed by atoms with Crippen LogP contribution in [0.3, 0.4) is 0 Å². The van der Waals surface area contributed by atoms with E-state index in [0.29, 0.717) is 6.54 Å². The molecule has 3 N–H and O–H groups in total. The van der Waals surface area contributed by atoms with Gasteiger partial charge in [-0.15, -0.1) is 0 Å². The Balaban J connectivity index is 2.33. The van der Waals surface area contributed by atoms with Crippen molar-refractivity contribution in [3.8, 4) is 0 Å². The van der Waals surface area contributed by atoms with Crippen LogP contribution in [0.25, 0.3) is 0 Å². The molecule has 1 fully saturated rings. The van der Waals surface area contributed by atoms with E-state index in [9.17, 15) is 10.2 Å². The van der Waals surface area contributed by atoms with E-state index in [1.54, 1.807) is 13.8 Å². The Labute approximate surface area is 92.9 Å². The number of rotatable bonds is 5. The fourth-order valence-corrected chi connectivity index (χ4v) is 2.33. The summed E-state index contributed by atoms with van der Waals surface area (Å²) in [4.78, 5) is 0. The minimum Gasteiger partial charge on any atom is -0.396 e. The van der Waals surface area contributed by atoms with Crippen LogP contribution >= 0.6 is 0 Å². The third kappa shape index (κ3) is 4.49. The largest absolute Gasteiger partial charge is 0.396 e. The normalized spacial score (nSPS) is 21.6. The van der Waals surface area contributed by atoms with Gasteiger partial charge in [0, 0.05) is 25.1 Å². The quantitative estimate of drug-likeness (QED) is 0.648. The van der Waals surface area contributed by atoms with Crippen LogP contribution in [0, 0.1) is 5.41 Å². The van der Waals surface area contributed by atoms with E-state index >= 15 is 0 Å². The van der Waals surface area contributed by atoms with Crippen LogP contribution < -0.4 is 5.32 Å². The molecule has 1 aliphatic rings. The van der Waals surface area contributed by atoms with Gasteiger partial charge in [0.25, 0.3) is 0 Å². The molecule has 90 valence electrons. The summed E-state index contributed by atoms with van der Waals surface area (Å²) in [7, 11) is 0. The summed E-state index contributed by atoms with van der Waals surface area (Å²) < 4.78 is 0. The van der Waals surface area contributed by atoms with Crippen LogP contribution in [0.4, 0.5) is 0 Å². The Morgan fingerprint density at radius 2 is 1.80 bits per heavy atom. The van der Waals surface area contributed by atoms with E-state index in [1.807, 2.05) is 0 Å². The summed E-state index contributed by atoms with van der Waals surface area (Å²) >= 11 is 0. The standard InChI is InChI=1S/C12H25NO2/c1-11(2,15)8-13-9-12(10-14)6-4-3-5-7-12/h13-15H,3-10H2,1-2H3. The lowest BCUT2D eigenvalue weighted by molar-refractivity contribution is 0.0547. The molecule has 0 aliphatic heterocycles. The van der Waals surface area contributed by atoms with Gasteiger partial charge < -0.3 is 15.5 Å². The maximum atomic E-state index is 9.58. The van der Waals surface area contributed by atoms with E-state index in [4.69, 9.17) is 0 Å². The molecule has 0 bridgehead atoms. The Kier molecular flexibility index (Phi) is 4.56. The third-order valence-electron chi connectivity index (χ3n) is 3.31. The number of aliphatic hydroxyl groups excluding tert-OH is 1. The van der Waals surface area contributed by atoms with Gasteiger partial charge in [-0.2, -0.15) is 0 Å². The van der Waals surface area contributed by atoms with E-state index in [0.717, 1.165) is 19.4 Å². The van der Waals surface area contributed by atoms with Crippen molar-refractivity contribution in [2.75, 3.05) is 19.7 Å². The van der Waals surface area contributed by atoms with Crippen molar-refractivity contribution in [2.24, 2.45) is 5.41 Å². The summed E-state index contributed by atoms with van der Waals surface area (Å²) in [5.74, 6) is 0. The highest BCUT2D eigenvalue weighted by Gasteiger charge is 2.31. The molecule has 0 heterocycles. The molecule has 0 atom stereocenters. The predicted octanol–water partition coefficient (Wildman–Crippen LogP) is 1.29. The second-order valence-electron chi connectivity index (χ2n) is 5.63.